The number of rotatable bonds is 6. The molecule has 27 heavy (non-hydrogen) atoms. The van der Waals surface area contributed by atoms with E-state index in [0.29, 0.717) is 10.5 Å². The lowest BCUT2D eigenvalue weighted by molar-refractivity contribution is -0.163. The molecular weight excluding hydrogens is 357 g/mol. The van der Waals surface area contributed by atoms with Gasteiger partial charge >= 0.3 is 6.18 Å². The highest BCUT2D eigenvalue weighted by Gasteiger charge is 2.34. The summed E-state index contributed by atoms with van der Waals surface area (Å²) in [5.74, 6) is -1.30. The third-order valence-electron chi connectivity index (χ3n) is 3.96. The van der Waals surface area contributed by atoms with Crippen molar-refractivity contribution >= 4 is 11.8 Å². The molecule has 0 heterocycles. The van der Waals surface area contributed by atoms with E-state index in [1.165, 1.54) is 14.1 Å². The van der Waals surface area contributed by atoms with Gasteiger partial charge in [0.05, 0.1) is 6.42 Å². The Bertz CT molecular complexity index is 772. The monoisotopic (exact) mass is 378 g/mol. The van der Waals surface area contributed by atoms with E-state index in [1.807, 2.05) is 42.5 Å². The summed E-state index contributed by atoms with van der Waals surface area (Å²) in [4.78, 5) is 25.8. The van der Waals surface area contributed by atoms with E-state index in [2.05, 4.69) is 0 Å². The van der Waals surface area contributed by atoms with Gasteiger partial charge in [-0.15, -0.1) is 0 Å². The number of alkyl halides is 3. The predicted octanol–water partition coefficient (Wildman–Crippen LogP) is 3.38. The molecule has 2 aromatic carbocycles. The molecule has 144 valence electrons. The number of halogens is 3. The molecule has 0 unspecified atom stereocenters. The molecule has 2 rings (SSSR count). The van der Waals surface area contributed by atoms with Crippen LogP contribution in [0.3, 0.4) is 0 Å². The molecule has 2 aromatic rings. The Morgan fingerprint density at radius 1 is 0.852 bits per heavy atom. The third kappa shape index (κ3) is 6.44. The van der Waals surface area contributed by atoms with Crippen molar-refractivity contribution in [3.63, 3.8) is 0 Å². The molecular formula is C20H21F3N2O2. The average Bonchev–Trinajstić information content (AvgIpc) is 2.61. The summed E-state index contributed by atoms with van der Waals surface area (Å²) >= 11 is 0. The second-order valence-corrected chi connectivity index (χ2v) is 6.39. The smallest absolute Gasteiger partial charge is 0.347 e. The summed E-state index contributed by atoms with van der Waals surface area (Å²) in [7, 11) is 2.86. The first kappa shape index (κ1) is 20.5. The van der Waals surface area contributed by atoms with Crippen molar-refractivity contribution in [2.75, 3.05) is 27.2 Å². The summed E-state index contributed by atoms with van der Waals surface area (Å²) < 4.78 is 38.3. The molecule has 0 aliphatic rings. The van der Waals surface area contributed by atoms with Crippen LogP contribution in [0.15, 0.2) is 54.6 Å². The summed E-state index contributed by atoms with van der Waals surface area (Å²) in [6.07, 6.45) is -4.77. The zero-order valence-electron chi connectivity index (χ0n) is 15.2. The van der Waals surface area contributed by atoms with Gasteiger partial charge in [0, 0.05) is 14.1 Å². The minimum atomic E-state index is -4.57. The Kier molecular flexibility index (Phi) is 6.60. The van der Waals surface area contributed by atoms with Crippen LogP contribution in [0.5, 0.6) is 0 Å². The Morgan fingerprint density at radius 3 is 1.93 bits per heavy atom. The van der Waals surface area contributed by atoms with Crippen LogP contribution in [-0.2, 0) is 16.0 Å². The van der Waals surface area contributed by atoms with Gasteiger partial charge in [0.2, 0.25) is 11.8 Å². The largest absolute Gasteiger partial charge is 0.406 e. The van der Waals surface area contributed by atoms with E-state index in [9.17, 15) is 22.8 Å². The highest BCUT2D eigenvalue weighted by molar-refractivity contribution is 5.85. The van der Waals surface area contributed by atoms with Crippen LogP contribution in [0.1, 0.15) is 5.56 Å². The number of likely N-dealkylation sites (N-methyl/N-ethyl adjacent to an activating group) is 1. The second kappa shape index (κ2) is 8.70. The van der Waals surface area contributed by atoms with Gasteiger partial charge in [-0.25, -0.2) is 0 Å². The number of hydrogen-bond donors (Lipinski definition) is 0. The van der Waals surface area contributed by atoms with Crippen molar-refractivity contribution < 1.29 is 22.8 Å². The maximum absolute atomic E-state index is 12.8. The van der Waals surface area contributed by atoms with Crippen LogP contribution in [0.2, 0.25) is 0 Å². The molecule has 0 aliphatic heterocycles. The first-order valence-corrected chi connectivity index (χ1v) is 8.35. The van der Waals surface area contributed by atoms with Gasteiger partial charge in [0.25, 0.3) is 0 Å². The van der Waals surface area contributed by atoms with E-state index in [1.54, 1.807) is 12.1 Å². The summed E-state index contributed by atoms with van der Waals surface area (Å²) in [5, 5.41) is 0. The fourth-order valence-corrected chi connectivity index (χ4v) is 2.49. The van der Waals surface area contributed by atoms with Crippen molar-refractivity contribution in [1.82, 2.24) is 9.80 Å². The molecule has 0 spiro atoms. The number of carbonyl (C=O) groups is 2. The fraction of sp³-hybridized carbons (Fsp3) is 0.300. The van der Waals surface area contributed by atoms with Crippen molar-refractivity contribution in [2.45, 2.75) is 12.6 Å². The Balaban J connectivity index is 2.10. The molecule has 0 saturated heterocycles. The number of carbonyl (C=O) groups excluding carboxylic acids is 2. The fourth-order valence-electron chi connectivity index (χ4n) is 2.49. The van der Waals surface area contributed by atoms with Crippen LogP contribution in [0, 0.1) is 0 Å². The lowest BCUT2D eigenvalue weighted by Gasteiger charge is -2.25. The van der Waals surface area contributed by atoms with Gasteiger partial charge in [0.1, 0.15) is 13.1 Å². The molecule has 0 aromatic heterocycles. The molecule has 0 N–H and O–H groups in total. The van der Waals surface area contributed by atoms with E-state index in [0.717, 1.165) is 16.0 Å². The van der Waals surface area contributed by atoms with Crippen LogP contribution in [0.4, 0.5) is 13.2 Å². The summed E-state index contributed by atoms with van der Waals surface area (Å²) in [6.45, 7) is -2.05. The Labute approximate surface area is 156 Å². The molecule has 4 nitrogen and oxygen atoms in total. The van der Waals surface area contributed by atoms with Crippen LogP contribution in [0.25, 0.3) is 11.1 Å². The lowest BCUT2D eigenvalue weighted by Crippen LogP contribution is -2.45. The topological polar surface area (TPSA) is 40.6 Å². The molecule has 0 aliphatic carbocycles. The molecule has 0 radical (unpaired) electrons. The minimum absolute atomic E-state index is 0.203. The first-order chi connectivity index (χ1) is 12.7. The quantitative estimate of drug-likeness (QED) is 0.773. The summed E-state index contributed by atoms with van der Waals surface area (Å²) in [6, 6.07) is 16.7. The normalized spacial score (nSPS) is 11.1. The van der Waals surface area contributed by atoms with Gasteiger partial charge in [0.15, 0.2) is 0 Å². The van der Waals surface area contributed by atoms with Crippen LogP contribution >= 0.6 is 0 Å². The molecule has 0 fully saturated rings. The number of hydrogen-bond acceptors (Lipinski definition) is 2. The molecule has 0 atom stereocenters. The average molecular weight is 378 g/mol. The second-order valence-electron chi connectivity index (χ2n) is 6.39. The maximum atomic E-state index is 12.8. The molecule has 2 amide bonds. The molecule has 0 bridgehead atoms. The summed E-state index contributed by atoms with van der Waals surface area (Å²) in [5.41, 5.74) is 2.54. The highest BCUT2D eigenvalue weighted by atomic mass is 19.4. The molecule has 7 heteroatoms. The van der Waals surface area contributed by atoms with Gasteiger partial charge < -0.3 is 9.80 Å². The third-order valence-corrected chi connectivity index (χ3v) is 3.96. The van der Waals surface area contributed by atoms with Crippen molar-refractivity contribution in [2.24, 2.45) is 0 Å². The van der Waals surface area contributed by atoms with Gasteiger partial charge in [-0.3, -0.25) is 9.59 Å². The van der Waals surface area contributed by atoms with Crippen LogP contribution in [-0.4, -0.2) is 55.0 Å². The van der Waals surface area contributed by atoms with Crippen molar-refractivity contribution in [3.05, 3.63) is 60.2 Å². The molecule has 0 saturated carbocycles. The SMILES string of the molecule is CN(C)C(=O)CN(CC(F)(F)F)C(=O)Cc1ccc(-c2ccccc2)cc1. The van der Waals surface area contributed by atoms with E-state index < -0.39 is 31.1 Å². The van der Waals surface area contributed by atoms with E-state index in [4.69, 9.17) is 0 Å². The highest BCUT2D eigenvalue weighted by Crippen LogP contribution is 2.21. The standard InChI is InChI=1S/C20H21F3N2O2/c1-24(2)19(27)13-25(14-20(21,22)23)18(26)12-15-8-10-17(11-9-15)16-6-4-3-5-7-16/h3-11H,12-14H2,1-2H3. The predicted molar refractivity (Wildman–Crippen MR) is 96.9 cm³/mol. The number of nitrogens with zero attached hydrogens (tertiary/aromatic N) is 2. The lowest BCUT2D eigenvalue weighted by atomic mass is 10.0. The maximum Gasteiger partial charge on any atom is 0.406 e. The van der Waals surface area contributed by atoms with Gasteiger partial charge in [-0.05, 0) is 16.7 Å². The Morgan fingerprint density at radius 2 is 1.41 bits per heavy atom. The number of benzene rings is 2. The van der Waals surface area contributed by atoms with Crippen LogP contribution < -0.4 is 0 Å². The van der Waals surface area contributed by atoms with E-state index in [-0.39, 0.29) is 6.42 Å². The first-order valence-electron chi connectivity index (χ1n) is 8.35. The zero-order valence-corrected chi connectivity index (χ0v) is 15.2. The zero-order chi connectivity index (χ0) is 20.0. The van der Waals surface area contributed by atoms with E-state index >= 15 is 0 Å². The Hall–Kier alpha value is -2.83. The van der Waals surface area contributed by atoms with Gasteiger partial charge in [-0.2, -0.15) is 13.2 Å². The van der Waals surface area contributed by atoms with Crippen molar-refractivity contribution in [1.29, 1.82) is 0 Å². The minimum Gasteiger partial charge on any atom is -0.347 e. The number of amides is 2. The van der Waals surface area contributed by atoms with Gasteiger partial charge in [-0.1, -0.05) is 54.6 Å². The van der Waals surface area contributed by atoms with Crippen molar-refractivity contribution in [3.8, 4) is 11.1 Å².